The number of phenols is 1. The summed E-state index contributed by atoms with van der Waals surface area (Å²) in [5, 5.41) is 11.0. The molecule has 8 nitrogen and oxygen atoms in total. The van der Waals surface area contributed by atoms with Gasteiger partial charge in [0.1, 0.15) is 5.75 Å². The van der Waals surface area contributed by atoms with E-state index in [1.54, 1.807) is 41.0 Å². The largest absolute Gasteiger partial charge is 0.507 e. The number of Topliss-reactive ketones (excluding diaryl/α,β-unsaturated/α-hetero) is 1. The number of nitrogen functional groups attached to an aromatic ring is 1. The van der Waals surface area contributed by atoms with Crippen LogP contribution in [-0.2, 0) is 9.53 Å². The highest BCUT2D eigenvalue weighted by Crippen LogP contribution is 2.31. The Labute approximate surface area is 162 Å². The standard InChI is InChI=1S/C20H23N3O5/c1-2-28-20(27)23-10-8-22(9-11-23)18(26)12-17(25)15-7-6-13-14(19(15)21)4-3-5-16(13)24/h3-7,24H,2,8-12,21H2,1H3. The highest BCUT2D eigenvalue weighted by atomic mass is 16.6. The number of nitrogens with two attached hydrogens (primary N) is 1. The average Bonchev–Trinajstić information content (AvgIpc) is 2.69. The van der Waals surface area contributed by atoms with Gasteiger partial charge in [0.15, 0.2) is 5.78 Å². The normalized spacial score (nSPS) is 14.2. The molecular formula is C20H23N3O5. The van der Waals surface area contributed by atoms with E-state index in [2.05, 4.69) is 0 Å². The first-order valence-electron chi connectivity index (χ1n) is 9.15. The summed E-state index contributed by atoms with van der Waals surface area (Å²) < 4.78 is 4.95. The fourth-order valence-electron chi connectivity index (χ4n) is 3.31. The predicted octanol–water partition coefficient (Wildman–Crippen LogP) is 2.00. The van der Waals surface area contributed by atoms with Gasteiger partial charge in [0.05, 0.1) is 18.7 Å². The Morgan fingerprint density at radius 1 is 1.04 bits per heavy atom. The van der Waals surface area contributed by atoms with E-state index < -0.39 is 6.09 Å². The van der Waals surface area contributed by atoms with Gasteiger partial charge in [0, 0.05) is 42.5 Å². The average molecular weight is 385 g/mol. The molecule has 28 heavy (non-hydrogen) atoms. The molecule has 0 spiro atoms. The van der Waals surface area contributed by atoms with Gasteiger partial charge in [-0.05, 0) is 25.1 Å². The van der Waals surface area contributed by atoms with Crippen molar-refractivity contribution in [3.05, 3.63) is 35.9 Å². The van der Waals surface area contributed by atoms with Crippen molar-refractivity contribution in [2.75, 3.05) is 38.5 Å². The highest BCUT2D eigenvalue weighted by Gasteiger charge is 2.26. The van der Waals surface area contributed by atoms with Gasteiger partial charge < -0.3 is 25.4 Å². The summed E-state index contributed by atoms with van der Waals surface area (Å²) in [6, 6.07) is 8.07. The number of hydrogen-bond acceptors (Lipinski definition) is 6. The smallest absolute Gasteiger partial charge is 0.409 e. The van der Waals surface area contributed by atoms with E-state index in [0.29, 0.717) is 43.6 Å². The third kappa shape index (κ3) is 3.85. The first kappa shape index (κ1) is 19.5. The van der Waals surface area contributed by atoms with Gasteiger partial charge in [0.25, 0.3) is 0 Å². The molecule has 0 atom stereocenters. The van der Waals surface area contributed by atoms with E-state index in [-0.39, 0.29) is 35.1 Å². The van der Waals surface area contributed by atoms with Gasteiger partial charge in [-0.15, -0.1) is 0 Å². The number of anilines is 1. The molecule has 2 aromatic rings. The summed E-state index contributed by atoms with van der Waals surface area (Å²) in [6.07, 6.45) is -0.689. The van der Waals surface area contributed by atoms with Crippen LogP contribution in [0.5, 0.6) is 5.75 Å². The third-order valence-corrected chi connectivity index (χ3v) is 4.85. The zero-order valence-corrected chi connectivity index (χ0v) is 15.7. The van der Waals surface area contributed by atoms with Crippen molar-refractivity contribution in [3.63, 3.8) is 0 Å². The summed E-state index contributed by atoms with van der Waals surface area (Å²) in [5.74, 6) is -0.594. The summed E-state index contributed by atoms with van der Waals surface area (Å²) in [6.45, 7) is 3.49. The van der Waals surface area contributed by atoms with E-state index in [0.717, 1.165) is 0 Å². The molecule has 3 rings (SSSR count). The maximum absolute atomic E-state index is 12.6. The van der Waals surface area contributed by atoms with Crippen LogP contribution in [0, 0.1) is 0 Å². The van der Waals surface area contributed by atoms with Crippen molar-refractivity contribution in [2.45, 2.75) is 13.3 Å². The summed E-state index contributed by atoms with van der Waals surface area (Å²) >= 11 is 0. The van der Waals surface area contributed by atoms with Crippen molar-refractivity contribution in [2.24, 2.45) is 0 Å². The molecule has 0 saturated carbocycles. The molecule has 1 heterocycles. The predicted molar refractivity (Wildman–Crippen MR) is 104 cm³/mol. The second kappa shape index (κ2) is 8.16. The van der Waals surface area contributed by atoms with Crippen LogP contribution in [-0.4, -0.2) is 65.5 Å². The van der Waals surface area contributed by atoms with Crippen LogP contribution in [0.1, 0.15) is 23.7 Å². The number of benzene rings is 2. The Hall–Kier alpha value is -3.29. The molecular weight excluding hydrogens is 362 g/mol. The number of phenolic OH excluding ortho intramolecular Hbond substituents is 1. The minimum Gasteiger partial charge on any atom is -0.507 e. The van der Waals surface area contributed by atoms with Crippen molar-refractivity contribution < 1.29 is 24.2 Å². The molecule has 2 aromatic carbocycles. The minimum absolute atomic E-state index is 0.0822. The van der Waals surface area contributed by atoms with Crippen molar-refractivity contribution in [3.8, 4) is 5.75 Å². The first-order valence-corrected chi connectivity index (χ1v) is 9.15. The van der Waals surface area contributed by atoms with Crippen LogP contribution >= 0.6 is 0 Å². The van der Waals surface area contributed by atoms with Crippen molar-refractivity contribution in [1.82, 2.24) is 9.80 Å². The zero-order valence-electron chi connectivity index (χ0n) is 15.7. The third-order valence-electron chi connectivity index (χ3n) is 4.85. The number of aromatic hydroxyl groups is 1. The lowest BCUT2D eigenvalue weighted by Gasteiger charge is -2.34. The Morgan fingerprint density at radius 2 is 1.71 bits per heavy atom. The topological polar surface area (TPSA) is 113 Å². The number of piperazine rings is 1. The zero-order chi connectivity index (χ0) is 20.3. The summed E-state index contributed by atoms with van der Waals surface area (Å²) in [4.78, 5) is 40.0. The minimum atomic E-state index is -0.391. The summed E-state index contributed by atoms with van der Waals surface area (Å²) in [5.41, 5.74) is 6.62. The number of fused-ring (bicyclic) bond motifs is 1. The van der Waals surface area contributed by atoms with E-state index in [4.69, 9.17) is 10.5 Å². The lowest BCUT2D eigenvalue weighted by Crippen LogP contribution is -2.51. The monoisotopic (exact) mass is 385 g/mol. The lowest BCUT2D eigenvalue weighted by molar-refractivity contribution is -0.131. The fraction of sp³-hybridized carbons (Fsp3) is 0.350. The van der Waals surface area contributed by atoms with Crippen LogP contribution in [0.25, 0.3) is 10.8 Å². The molecule has 2 amide bonds. The molecule has 8 heteroatoms. The molecule has 1 aliphatic heterocycles. The van der Waals surface area contributed by atoms with Crippen LogP contribution < -0.4 is 5.73 Å². The van der Waals surface area contributed by atoms with Gasteiger partial charge in [0.2, 0.25) is 5.91 Å². The second-order valence-electron chi connectivity index (χ2n) is 6.57. The van der Waals surface area contributed by atoms with Gasteiger partial charge in [-0.25, -0.2) is 4.79 Å². The molecule has 0 bridgehead atoms. The Kier molecular flexibility index (Phi) is 5.67. The molecule has 1 saturated heterocycles. The van der Waals surface area contributed by atoms with Gasteiger partial charge in [-0.1, -0.05) is 12.1 Å². The lowest BCUT2D eigenvalue weighted by atomic mass is 9.99. The van der Waals surface area contributed by atoms with Crippen LogP contribution in [0.2, 0.25) is 0 Å². The number of nitrogens with zero attached hydrogens (tertiary/aromatic N) is 2. The van der Waals surface area contributed by atoms with Crippen molar-refractivity contribution >= 4 is 34.2 Å². The number of hydrogen-bond donors (Lipinski definition) is 2. The maximum atomic E-state index is 12.6. The number of rotatable bonds is 4. The van der Waals surface area contributed by atoms with E-state index in [1.165, 1.54) is 6.07 Å². The molecule has 1 aliphatic rings. The van der Waals surface area contributed by atoms with E-state index in [9.17, 15) is 19.5 Å². The van der Waals surface area contributed by atoms with E-state index >= 15 is 0 Å². The van der Waals surface area contributed by atoms with Crippen molar-refractivity contribution in [1.29, 1.82) is 0 Å². The molecule has 0 radical (unpaired) electrons. The second-order valence-corrected chi connectivity index (χ2v) is 6.57. The number of ketones is 1. The first-order chi connectivity index (χ1) is 13.4. The highest BCUT2D eigenvalue weighted by molar-refractivity contribution is 6.14. The quantitative estimate of drug-likeness (QED) is 0.473. The Balaban J connectivity index is 1.65. The van der Waals surface area contributed by atoms with Gasteiger partial charge in [-0.2, -0.15) is 0 Å². The van der Waals surface area contributed by atoms with Crippen LogP contribution in [0.15, 0.2) is 30.3 Å². The SMILES string of the molecule is CCOC(=O)N1CCN(C(=O)CC(=O)c2ccc3c(O)cccc3c2N)CC1. The Morgan fingerprint density at radius 3 is 2.39 bits per heavy atom. The molecule has 0 aliphatic carbocycles. The Bertz CT molecular complexity index is 919. The molecule has 148 valence electrons. The molecule has 0 aromatic heterocycles. The van der Waals surface area contributed by atoms with Gasteiger partial charge >= 0.3 is 6.09 Å². The maximum Gasteiger partial charge on any atom is 0.409 e. The molecule has 0 unspecified atom stereocenters. The number of amides is 2. The van der Waals surface area contributed by atoms with Crippen LogP contribution in [0.3, 0.4) is 0 Å². The molecule has 1 fully saturated rings. The van der Waals surface area contributed by atoms with Crippen LogP contribution in [0.4, 0.5) is 10.5 Å². The number of carbonyl (C=O) groups excluding carboxylic acids is 3. The number of carbonyl (C=O) groups is 3. The molecule has 3 N–H and O–H groups in total. The number of ether oxygens (including phenoxy) is 1. The summed E-state index contributed by atoms with van der Waals surface area (Å²) in [7, 11) is 0. The fourth-order valence-corrected chi connectivity index (χ4v) is 3.31. The van der Waals surface area contributed by atoms with E-state index in [1.807, 2.05) is 0 Å². The van der Waals surface area contributed by atoms with Gasteiger partial charge in [-0.3, -0.25) is 9.59 Å².